The maximum absolute atomic E-state index is 12.9. The third-order valence-corrected chi connectivity index (χ3v) is 8.28. The third kappa shape index (κ3) is 4.17. The van der Waals surface area contributed by atoms with Gasteiger partial charge in [-0.15, -0.1) is 0 Å². The van der Waals surface area contributed by atoms with Gasteiger partial charge in [0.2, 0.25) is 0 Å². The van der Waals surface area contributed by atoms with Gasteiger partial charge in [-0.25, -0.2) is 4.79 Å². The van der Waals surface area contributed by atoms with E-state index >= 15 is 0 Å². The minimum Gasteiger partial charge on any atom is -0.458 e. The molecule has 0 amide bonds. The monoisotopic (exact) mass is 398 g/mol. The van der Waals surface area contributed by atoms with Gasteiger partial charge < -0.3 is 9.84 Å². The molecule has 29 heavy (non-hydrogen) atoms. The van der Waals surface area contributed by atoms with E-state index in [9.17, 15) is 9.90 Å². The van der Waals surface area contributed by atoms with Crippen molar-refractivity contribution < 1.29 is 14.6 Å². The fourth-order valence-corrected chi connectivity index (χ4v) is 5.75. The van der Waals surface area contributed by atoms with Crippen LogP contribution < -0.4 is 0 Å². The second-order valence-electron chi connectivity index (χ2n) is 10.5. The van der Waals surface area contributed by atoms with Gasteiger partial charge in [0.1, 0.15) is 6.10 Å². The van der Waals surface area contributed by atoms with Gasteiger partial charge in [-0.05, 0) is 54.1 Å². The lowest BCUT2D eigenvalue weighted by Gasteiger charge is -2.44. The van der Waals surface area contributed by atoms with Crippen molar-refractivity contribution in [2.24, 2.45) is 34.5 Å². The number of carbonyl (C=O) groups excluding carboxylic acids is 1. The summed E-state index contributed by atoms with van der Waals surface area (Å²) in [6.45, 7) is 13.3. The van der Waals surface area contributed by atoms with Crippen LogP contribution in [0.1, 0.15) is 66.4 Å². The molecule has 6 atom stereocenters. The van der Waals surface area contributed by atoms with Crippen molar-refractivity contribution in [2.75, 3.05) is 0 Å². The van der Waals surface area contributed by atoms with E-state index in [0.29, 0.717) is 24.2 Å². The van der Waals surface area contributed by atoms with Crippen molar-refractivity contribution >= 4 is 12.0 Å². The van der Waals surface area contributed by atoms with Crippen LogP contribution in [0.25, 0.3) is 6.08 Å². The molecule has 6 unspecified atom stereocenters. The Balaban J connectivity index is 1.93. The Kier molecular flexibility index (Phi) is 6.29. The molecule has 0 heterocycles. The molecule has 2 aliphatic carbocycles. The molecular formula is C26H38O3. The Hall–Kier alpha value is -1.61. The van der Waals surface area contributed by atoms with Crippen LogP contribution in [0, 0.1) is 34.5 Å². The van der Waals surface area contributed by atoms with Crippen LogP contribution in [-0.4, -0.2) is 23.3 Å². The molecule has 160 valence electrons. The van der Waals surface area contributed by atoms with Gasteiger partial charge in [0, 0.05) is 17.4 Å². The lowest BCUT2D eigenvalue weighted by atomic mass is 9.66. The summed E-state index contributed by atoms with van der Waals surface area (Å²) in [6, 6.07) is 9.83. The normalized spacial score (nSPS) is 36.8. The first-order chi connectivity index (χ1) is 13.6. The van der Waals surface area contributed by atoms with E-state index < -0.39 is 6.10 Å². The van der Waals surface area contributed by atoms with E-state index in [4.69, 9.17) is 4.74 Å². The van der Waals surface area contributed by atoms with Crippen LogP contribution in [0.5, 0.6) is 0 Å². The second kappa shape index (κ2) is 8.26. The van der Waals surface area contributed by atoms with E-state index in [0.717, 1.165) is 18.4 Å². The van der Waals surface area contributed by atoms with Crippen LogP contribution >= 0.6 is 0 Å². The van der Waals surface area contributed by atoms with E-state index in [1.807, 2.05) is 36.4 Å². The average Bonchev–Trinajstić information content (AvgIpc) is 3.04. The fourth-order valence-electron chi connectivity index (χ4n) is 5.75. The summed E-state index contributed by atoms with van der Waals surface area (Å²) in [5.41, 5.74) is 0.554. The molecule has 2 saturated carbocycles. The maximum atomic E-state index is 12.9. The molecule has 3 rings (SSSR count). The van der Waals surface area contributed by atoms with Crippen LogP contribution in [0.2, 0.25) is 0 Å². The van der Waals surface area contributed by atoms with Gasteiger partial charge in [0.05, 0.1) is 6.10 Å². The summed E-state index contributed by atoms with van der Waals surface area (Å²) in [4.78, 5) is 12.9. The average molecular weight is 399 g/mol. The molecule has 1 aromatic rings. The summed E-state index contributed by atoms with van der Waals surface area (Å²) in [6.07, 6.45) is 5.69. The van der Waals surface area contributed by atoms with Crippen molar-refractivity contribution in [2.45, 2.75) is 73.0 Å². The number of ether oxygens (including phenoxy) is 1. The summed E-state index contributed by atoms with van der Waals surface area (Å²) in [5, 5.41) is 11.2. The van der Waals surface area contributed by atoms with Crippen LogP contribution in [0.4, 0.5) is 0 Å². The van der Waals surface area contributed by atoms with Crippen molar-refractivity contribution in [3.8, 4) is 0 Å². The number of hydrogen-bond acceptors (Lipinski definition) is 3. The number of benzene rings is 1. The van der Waals surface area contributed by atoms with Gasteiger partial charge in [-0.1, -0.05) is 71.9 Å². The Bertz CT molecular complexity index is 736. The lowest BCUT2D eigenvalue weighted by molar-refractivity contribution is -0.161. The molecule has 3 heteroatoms. The predicted octanol–water partition coefficient (Wildman–Crippen LogP) is 5.73. The van der Waals surface area contributed by atoms with E-state index in [-0.39, 0.29) is 28.8 Å². The SMILES string of the molecule is CC1CCC2C1C(OC(=O)C=Cc1ccccc1)C(C)(C(C)C)CC(O)C2(C)C. The Morgan fingerprint density at radius 2 is 1.83 bits per heavy atom. The lowest BCUT2D eigenvalue weighted by Crippen LogP contribution is -2.46. The van der Waals surface area contributed by atoms with Gasteiger partial charge >= 0.3 is 5.97 Å². The summed E-state index contributed by atoms with van der Waals surface area (Å²) in [5.74, 6) is 1.15. The standard InChI is InChI=1S/C26H38O3/c1-17(2)26(6)16-21(27)25(4,5)20-14-12-18(3)23(20)24(26)29-22(28)15-13-19-10-8-7-9-11-19/h7-11,13,15,17-18,20-21,23-24,27H,12,14,16H2,1-6H3. The molecular weight excluding hydrogens is 360 g/mol. The molecule has 0 aromatic heterocycles. The van der Waals surface area contributed by atoms with Gasteiger partial charge in [-0.2, -0.15) is 0 Å². The first kappa shape index (κ1) is 22.1. The molecule has 2 fully saturated rings. The van der Waals surface area contributed by atoms with Crippen molar-refractivity contribution in [3.63, 3.8) is 0 Å². The molecule has 2 aliphatic rings. The van der Waals surface area contributed by atoms with Crippen molar-refractivity contribution in [1.82, 2.24) is 0 Å². The molecule has 0 saturated heterocycles. The molecule has 1 aromatic carbocycles. The first-order valence-electron chi connectivity index (χ1n) is 11.2. The number of aliphatic hydroxyl groups is 1. The summed E-state index contributed by atoms with van der Waals surface area (Å²) < 4.78 is 6.26. The van der Waals surface area contributed by atoms with Gasteiger partial charge in [0.15, 0.2) is 0 Å². The minimum atomic E-state index is -0.392. The van der Waals surface area contributed by atoms with Crippen LogP contribution in [-0.2, 0) is 9.53 Å². The zero-order valence-electron chi connectivity index (χ0n) is 18.9. The Morgan fingerprint density at radius 3 is 2.45 bits per heavy atom. The third-order valence-electron chi connectivity index (χ3n) is 8.28. The molecule has 1 N–H and O–H groups in total. The predicted molar refractivity (Wildman–Crippen MR) is 118 cm³/mol. The smallest absolute Gasteiger partial charge is 0.331 e. The quantitative estimate of drug-likeness (QED) is 0.521. The first-order valence-corrected chi connectivity index (χ1v) is 11.2. The Labute approximate surface area is 176 Å². The van der Waals surface area contributed by atoms with E-state index in [1.54, 1.807) is 6.08 Å². The van der Waals surface area contributed by atoms with E-state index in [2.05, 4.69) is 41.5 Å². The van der Waals surface area contributed by atoms with Crippen LogP contribution in [0.3, 0.4) is 0 Å². The van der Waals surface area contributed by atoms with Gasteiger partial charge in [-0.3, -0.25) is 0 Å². The number of carbonyl (C=O) groups is 1. The molecule has 0 spiro atoms. The van der Waals surface area contributed by atoms with Crippen molar-refractivity contribution in [3.05, 3.63) is 42.0 Å². The largest absolute Gasteiger partial charge is 0.458 e. The fraction of sp³-hybridized carbons (Fsp3) is 0.654. The van der Waals surface area contributed by atoms with Gasteiger partial charge in [0.25, 0.3) is 0 Å². The van der Waals surface area contributed by atoms with Crippen molar-refractivity contribution in [1.29, 1.82) is 0 Å². The van der Waals surface area contributed by atoms with Crippen LogP contribution in [0.15, 0.2) is 36.4 Å². The zero-order chi connectivity index (χ0) is 21.4. The highest BCUT2D eigenvalue weighted by Crippen LogP contribution is 2.59. The van der Waals surface area contributed by atoms with E-state index in [1.165, 1.54) is 0 Å². The zero-order valence-corrected chi connectivity index (χ0v) is 18.9. The number of aliphatic hydroxyl groups excluding tert-OH is 1. The topological polar surface area (TPSA) is 46.5 Å². The molecule has 0 radical (unpaired) electrons. The molecule has 0 bridgehead atoms. The number of fused-ring (bicyclic) bond motifs is 1. The summed E-state index contributed by atoms with van der Waals surface area (Å²) >= 11 is 0. The number of rotatable bonds is 4. The highest BCUT2D eigenvalue weighted by Gasteiger charge is 2.59. The number of esters is 1. The molecule has 0 aliphatic heterocycles. The highest BCUT2D eigenvalue weighted by atomic mass is 16.5. The maximum Gasteiger partial charge on any atom is 0.331 e. The second-order valence-corrected chi connectivity index (χ2v) is 10.5. The Morgan fingerprint density at radius 1 is 1.17 bits per heavy atom. The summed E-state index contributed by atoms with van der Waals surface area (Å²) in [7, 11) is 0. The highest BCUT2D eigenvalue weighted by molar-refractivity contribution is 5.87. The minimum absolute atomic E-state index is 0.174. The molecule has 3 nitrogen and oxygen atoms in total. The number of hydrogen-bond donors (Lipinski definition) is 1.